The molecule has 0 bridgehead atoms. The van der Waals surface area contributed by atoms with Crippen molar-refractivity contribution >= 4 is 17.6 Å². The van der Waals surface area contributed by atoms with E-state index in [-0.39, 0.29) is 11.8 Å². The minimum Gasteiger partial charge on any atom is -0.366 e. The van der Waals surface area contributed by atoms with Gasteiger partial charge in [-0.2, -0.15) is 0 Å². The van der Waals surface area contributed by atoms with E-state index in [1.807, 2.05) is 13.0 Å². The van der Waals surface area contributed by atoms with Crippen molar-refractivity contribution in [3.05, 3.63) is 41.9 Å². The number of aryl methyl sites for hydroxylation is 1. The first-order valence-corrected chi connectivity index (χ1v) is 7.08. The Hall–Kier alpha value is -2.76. The van der Waals surface area contributed by atoms with Gasteiger partial charge in [-0.05, 0) is 37.5 Å². The van der Waals surface area contributed by atoms with Crippen LogP contribution in [0, 0.1) is 12.8 Å². The normalized spacial score (nSPS) is 13.7. The third-order valence-electron chi connectivity index (χ3n) is 3.71. The van der Waals surface area contributed by atoms with Gasteiger partial charge in [-0.1, -0.05) is 0 Å². The first-order chi connectivity index (χ1) is 10.6. The van der Waals surface area contributed by atoms with Crippen LogP contribution in [0.1, 0.15) is 28.8 Å². The number of hydrogen-bond acceptors (Lipinski definition) is 4. The Balaban J connectivity index is 2.13. The Morgan fingerprint density at radius 2 is 2.05 bits per heavy atom. The SMILES string of the molecule is Cc1ccncc1-c1c(C(N)=O)ccnc1NC(=O)C1CC1. The van der Waals surface area contributed by atoms with E-state index in [2.05, 4.69) is 15.3 Å². The summed E-state index contributed by atoms with van der Waals surface area (Å²) in [7, 11) is 0. The quantitative estimate of drug-likeness (QED) is 0.900. The van der Waals surface area contributed by atoms with E-state index in [0.29, 0.717) is 16.9 Å². The molecule has 0 radical (unpaired) electrons. The van der Waals surface area contributed by atoms with Gasteiger partial charge in [0.25, 0.3) is 0 Å². The van der Waals surface area contributed by atoms with Crippen LogP contribution in [0.5, 0.6) is 0 Å². The maximum atomic E-state index is 12.0. The van der Waals surface area contributed by atoms with E-state index in [1.165, 1.54) is 6.20 Å². The average Bonchev–Trinajstić information content (AvgIpc) is 3.32. The van der Waals surface area contributed by atoms with Crippen molar-refractivity contribution in [3.63, 3.8) is 0 Å². The number of aromatic nitrogens is 2. The van der Waals surface area contributed by atoms with Crippen LogP contribution < -0.4 is 11.1 Å². The monoisotopic (exact) mass is 296 g/mol. The van der Waals surface area contributed by atoms with E-state index in [4.69, 9.17) is 5.73 Å². The molecule has 1 aliphatic carbocycles. The highest BCUT2D eigenvalue weighted by Gasteiger charge is 2.31. The lowest BCUT2D eigenvalue weighted by atomic mass is 9.98. The highest BCUT2D eigenvalue weighted by atomic mass is 16.2. The molecule has 6 nitrogen and oxygen atoms in total. The van der Waals surface area contributed by atoms with Crippen molar-refractivity contribution in [2.24, 2.45) is 11.7 Å². The summed E-state index contributed by atoms with van der Waals surface area (Å²) in [4.78, 5) is 32.1. The van der Waals surface area contributed by atoms with Crippen LogP contribution in [0.15, 0.2) is 30.7 Å². The van der Waals surface area contributed by atoms with Gasteiger partial charge in [0, 0.05) is 35.6 Å². The minimum absolute atomic E-state index is 0.0434. The molecule has 0 atom stereocenters. The Morgan fingerprint density at radius 1 is 1.27 bits per heavy atom. The zero-order chi connectivity index (χ0) is 15.7. The van der Waals surface area contributed by atoms with Crippen molar-refractivity contribution in [1.82, 2.24) is 9.97 Å². The summed E-state index contributed by atoms with van der Waals surface area (Å²) in [6.07, 6.45) is 6.57. The van der Waals surface area contributed by atoms with E-state index in [9.17, 15) is 9.59 Å². The van der Waals surface area contributed by atoms with Crippen LogP contribution in [0.2, 0.25) is 0 Å². The Kier molecular flexibility index (Phi) is 3.58. The van der Waals surface area contributed by atoms with Gasteiger partial charge in [0.1, 0.15) is 5.82 Å². The molecule has 0 saturated heterocycles. The van der Waals surface area contributed by atoms with Crippen molar-refractivity contribution in [2.45, 2.75) is 19.8 Å². The minimum atomic E-state index is -0.567. The molecular weight excluding hydrogens is 280 g/mol. The number of nitrogens with one attached hydrogen (secondary N) is 1. The molecule has 1 aliphatic rings. The molecule has 2 heterocycles. The number of rotatable bonds is 4. The predicted octanol–water partition coefficient (Wildman–Crippen LogP) is 1.90. The summed E-state index contributed by atoms with van der Waals surface area (Å²) in [5.41, 5.74) is 7.97. The first-order valence-electron chi connectivity index (χ1n) is 7.08. The fourth-order valence-corrected chi connectivity index (χ4v) is 2.32. The van der Waals surface area contributed by atoms with E-state index in [0.717, 1.165) is 24.0 Å². The third-order valence-corrected chi connectivity index (χ3v) is 3.71. The molecule has 1 saturated carbocycles. The standard InChI is InChI=1S/C16H16N4O2/c1-9-4-6-18-8-12(9)13-11(14(17)21)5-7-19-15(13)20-16(22)10-2-3-10/h4-8,10H,2-3H2,1H3,(H2,17,21)(H,19,20,22). The summed E-state index contributed by atoms with van der Waals surface area (Å²) < 4.78 is 0. The van der Waals surface area contributed by atoms with Gasteiger partial charge >= 0.3 is 0 Å². The van der Waals surface area contributed by atoms with Crippen LogP contribution in [-0.2, 0) is 4.79 Å². The molecule has 0 unspecified atom stereocenters. The number of carbonyl (C=O) groups is 2. The maximum absolute atomic E-state index is 12.0. The highest BCUT2D eigenvalue weighted by Crippen LogP contribution is 2.34. The topological polar surface area (TPSA) is 98.0 Å². The first kappa shape index (κ1) is 14.2. The summed E-state index contributed by atoms with van der Waals surface area (Å²) >= 11 is 0. The zero-order valence-corrected chi connectivity index (χ0v) is 12.2. The molecule has 0 aliphatic heterocycles. The molecule has 0 spiro atoms. The van der Waals surface area contributed by atoms with Crippen LogP contribution in [-0.4, -0.2) is 21.8 Å². The van der Waals surface area contributed by atoms with Crippen molar-refractivity contribution in [3.8, 4) is 11.1 Å². The number of hydrogen-bond donors (Lipinski definition) is 2. The van der Waals surface area contributed by atoms with Crippen LogP contribution in [0.4, 0.5) is 5.82 Å². The zero-order valence-electron chi connectivity index (χ0n) is 12.2. The molecule has 1 fully saturated rings. The van der Waals surface area contributed by atoms with Crippen LogP contribution in [0.25, 0.3) is 11.1 Å². The number of nitrogens with two attached hydrogens (primary N) is 1. The highest BCUT2D eigenvalue weighted by molar-refractivity contribution is 6.05. The fraction of sp³-hybridized carbons (Fsp3) is 0.250. The summed E-state index contributed by atoms with van der Waals surface area (Å²) in [5.74, 6) is -0.245. The average molecular weight is 296 g/mol. The van der Waals surface area contributed by atoms with Crippen molar-refractivity contribution in [1.29, 1.82) is 0 Å². The lowest BCUT2D eigenvalue weighted by Gasteiger charge is -2.14. The number of anilines is 1. The van der Waals surface area contributed by atoms with Crippen molar-refractivity contribution < 1.29 is 9.59 Å². The Morgan fingerprint density at radius 3 is 2.68 bits per heavy atom. The molecule has 2 aromatic heterocycles. The van der Waals surface area contributed by atoms with Gasteiger partial charge in [0.2, 0.25) is 11.8 Å². The smallest absolute Gasteiger partial charge is 0.249 e. The van der Waals surface area contributed by atoms with Crippen LogP contribution >= 0.6 is 0 Å². The Bertz CT molecular complexity index is 754. The molecule has 3 rings (SSSR count). The summed E-state index contributed by atoms with van der Waals surface area (Å²) in [5, 5.41) is 2.81. The fourth-order valence-electron chi connectivity index (χ4n) is 2.32. The lowest BCUT2D eigenvalue weighted by Crippen LogP contribution is -2.18. The van der Waals surface area contributed by atoms with Gasteiger partial charge in [-0.25, -0.2) is 4.98 Å². The second-order valence-corrected chi connectivity index (χ2v) is 5.40. The molecule has 2 aromatic rings. The summed E-state index contributed by atoms with van der Waals surface area (Å²) in [6, 6.07) is 3.39. The number of carbonyl (C=O) groups excluding carboxylic acids is 2. The molecule has 6 heteroatoms. The van der Waals surface area contributed by atoms with Gasteiger partial charge in [0.05, 0.1) is 5.56 Å². The molecule has 2 amide bonds. The van der Waals surface area contributed by atoms with Crippen molar-refractivity contribution in [2.75, 3.05) is 5.32 Å². The molecule has 22 heavy (non-hydrogen) atoms. The van der Waals surface area contributed by atoms with E-state index >= 15 is 0 Å². The maximum Gasteiger partial charge on any atom is 0.249 e. The molecule has 3 N–H and O–H groups in total. The predicted molar refractivity (Wildman–Crippen MR) is 82.1 cm³/mol. The van der Waals surface area contributed by atoms with Gasteiger partial charge < -0.3 is 11.1 Å². The van der Waals surface area contributed by atoms with Gasteiger partial charge in [-0.3, -0.25) is 14.6 Å². The number of nitrogens with zero attached hydrogens (tertiary/aromatic N) is 2. The third kappa shape index (κ3) is 2.67. The largest absolute Gasteiger partial charge is 0.366 e. The van der Waals surface area contributed by atoms with Gasteiger partial charge in [-0.15, -0.1) is 0 Å². The molecule has 0 aromatic carbocycles. The summed E-state index contributed by atoms with van der Waals surface area (Å²) in [6.45, 7) is 1.90. The Labute approximate surface area is 127 Å². The van der Waals surface area contributed by atoms with Crippen LogP contribution in [0.3, 0.4) is 0 Å². The number of pyridine rings is 2. The van der Waals surface area contributed by atoms with E-state index in [1.54, 1.807) is 18.5 Å². The lowest BCUT2D eigenvalue weighted by molar-refractivity contribution is -0.117. The van der Waals surface area contributed by atoms with E-state index < -0.39 is 5.91 Å². The molecule has 112 valence electrons. The molecular formula is C16H16N4O2. The van der Waals surface area contributed by atoms with Gasteiger partial charge in [0.15, 0.2) is 0 Å². The second kappa shape index (κ2) is 5.55. The second-order valence-electron chi connectivity index (χ2n) is 5.40. The number of amides is 2. The number of primary amides is 1.